The minimum atomic E-state index is -0.361. The molecule has 2 fully saturated rings. The molecular formula is C26H36FN. The first-order valence-corrected chi connectivity index (χ1v) is 11.5. The second kappa shape index (κ2) is 10.8. The molecule has 0 aliphatic heterocycles. The van der Waals surface area contributed by atoms with Gasteiger partial charge in [0.25, 0.3) is 0 Å². The molecule has 2 heteroatoms. The van der Waals surface area contributed by atoms with Gasteiger partial charge < -0.3 is 0 Å². The molecule has 0 heterocycles. The third kappa shape index (κ3) is 5.94. The largest absolute Gasteiger partial charge is 0.206 e. The zero-order valence-electron chi connectivity index (χ0n) is 17.3. The molecular weight excluding hydrogens is 345 g/mol. The van der Waals surface area contributed by atoms with E-state index in [2.05, 4.69) is 12.7 Å². The van der Waals surface area contributed by atoms with Crippen LogP contribution in [0.2, 0.25) is 0 Å². The van der Waals surface area contributed by atoms with Crippen LogP contribution in [0.1, 0.15) is 101 Å². The van der Waals surface area contributed by atoms with Crippen molar-refractivity contribution >= 4 is 0 Å². The lowest BCUT2D eigenvalue weighted by atomic mass is 9.76. The summed E-state index contributed by atoms with van der Waals surface area (Å²) in [6.45, 7) is 3.88. The number of hydrogen-bond donors (Lipinski definition) is 0. The molecule has 0 aromatic heterocycles. The fourth-order valence-corrected chi connectivity index (χ4v) is 5.52. The minimum Gasteiger partial charge on any atom is -0.206 e. The summed E-state index contributed by atoms with van der Waals surface area (Å²) in [4.78, 5) is 0. The van der Waals surface area contributed by atoms with E-state index in [4.69, 9.17) is 5.26 Å². The summed E-state index contributed by atoms with van der Waals surface area (Å²) in [6, 6.07) is 7.10. The monoisotopic (exact) mass is 381 g/mol. The highest BCUT2D eigenvalue weighted by atomic mass is 19.1. The van der Waals surface area contributed by atoms with Crippen molar-refractivity contribution in [2.75, 3.05) is 0 Å². The Labute approximate surface area is 171 Å². The standard InChI is InChI=1S/C26H36FN/c1-2-5-20-8-10-21(11-9-20)6-3-4-7-22-12-14-23(15-13-22)24-16-17-25(19-28)26(27)18-24/h2,16-18,20-23H,1,3-15H2. The lowest BCUT2D eigenvalue weighted by Crippen LogP contribution is -2.15. The van der Waals surface area contributed by atoms with Crippen molar-refractivity contribution < 1.29 is 4.39 Å². The molecule has 28 heavy (non-hydrogen) atoms. The Kier molecular flexibility index (Phi) is 8.13. The lowest BCUT2D eigenvalue weighted by molar-refractivity contribution is 0.253. The molecule has 0 N–H and O–H groups in total. The van der Waals surface area contributed by atoms with E-state index in [0.29, 0.717) is 5.92 Å². The summed E-state index contributed by atoms with van der Waals surface area (Å²) >= 11 is 0. The van der Waals surface area contributed by atoms with Gasteiger partial charge >= 0.3 is 0 Å². The highest BCUT2D eigenvalue weighted by Crippen LogP contribution is 2.39. The van der Waals surface area contributed by atoms with Crippen molar-refractivity contribution in [3.05, 3.63) is 47.8 Å². The molecule has 0 unspecified atom stereocenters. The zero-order valence-corrected chi connectivity index (χ0v) is 17.3. The number of hydrogen-bond acceptors (Lipinski definition) is 1. The maximum atomic E-state index is 13.9. The molecule has 152 valence electrons. The predicted octanol–water partition coefficient (Wildman–Crippen LogP) is 7.91. The molecule has 2 saturated carbocycles. The van der Waals surface area contributed by atoms with E-state index in [-0.39, 0.29) is 11.4 Å². The minimum absolute atomic E-state index is 0.159. The van der Waals surface area contributed by atoms with Crippen LogP contribution in [0.25, 0.3) is 0 Å². The van der Waals surface area contributed by atoms with Gasteiger partial charge in [-0.15, -0.1) is 6.58 Å². The Hall–Kier alpha value is -1.62. The van der Waals surface area contributed by atoms with Crippen LogP contribution in [0.15, 0.2) is 30.9 Å². The van der Waals surface area contributed by atoms with Crippen LogP contribution >= 0.6 is 0 Å². The quantitative estimate of drug-likeness (QED) is 0.331. The molecule has 0 spiro atoms. The Morgan fingerprint density at radius 3 is 2.04 bits per heavy atom. The first-order valence-electron chi connectivity index (χ1n) is 11.5. The van der Waals surface area contributed by atoms with E-state index in [0.717, 1.165) is 23.3 Å². The van der Waals surface area contributed by atoms with Crippen LogP contribution in [0, 0.1) is 34.9 Å². The van der Waals surface area contributed by atoms with Gasteiger partial charge in [0.1, 0.15) is 11.9 Å². The molecule has 0 amide bonds. The fourth-order valence-electron chi connectivity index (χ4n) is 5.52. The van der Waals surface area contributed by atoms with Crippen molar-refractivity contribution in [2.45, 2.75) is 89.4 Å². The highest BCUT2D eigenvalue weighted by molar-refractivity contribution is 5.34. The van der Waals surface area contributed by atoms with Gasteiger partial charge in [0, 0.05) is 0 Å². The Balaban J connectivity index is 1.30. The van der Waals surface area contributed by atoms with Crippen LogP contribution in [0.4, 0.5) is 4.39 Å². The van der Waals surface area contributed by atoms with E-state index >= 15 is 0 Å². The van der Waals surface area contributed by atoms with Crippen molar-refractivity contribution in [3.8, 4) is 6.07 Å². The van der Waals surface area contributed by atoms with Gasteiger partial charge in [-0.25, -0.2) is 4.39 Å². The first kappa shape index (κ1) is 21.1. The van der Waals surface area contributed by atoms with E-state index in [9.17, 15) is 4.39 Å². The van der Waals surface area contributed by atoms with Gasteiger partial charge in [-0.05, 0) is 86.3 Å². The number of unbranched alkanes of at least 4 members (excludes halogenated alkanes) is 1. The van der Waals surface area contributed by atoms with Crippen molar-refractivity contribution in [3.63, 3.8) is 0 Å². The molecule has 2 aliphatic rings. The van der Waals surface area contributed by atoms with Gasteiger partial charge in [-0.3, -0.25) is 0 Å². The van der Waals surface area contributed by atoms with Gasteiger partial charge in [0.05, 0.1) is 5.56 Å². The summed E-state index contributed by atoms with van der Waals surface area (Å²) in [7, 11) is 0. The van der Waals surface area contributed by atoms with Crippen molar-refractivity contribution in [2.24, 2.45) is 17.8 Å². The Morgan fingerprint density at radius 2 is 1.50 bits per heavy atom. The number of benzene rings is 1. The molecule has 0 atom stereocenters. The number of allylic oxidation sites excluding steroid dienone is 1. The summed E-state index contributed by atoms with van der Waals surface area (Å²) in [5.41, 5.74) is 1.24. The van der Waals surface area contributed by atoms with E-state index in [1.807, 2.05) is 12.1 Å². The van der Waals surface area contributed by atoms with Gasteiger partial charge in [-0.2, -0.15) is 5.26 Å². The van der Waals surface area contributed by atoms with Crippen LogP contribution in [0.3, 0.4) is 0 Å². The van der Waals surface area contributed by atoms with Crippen LogP contribution in [-0.4, -0.2) is 0 Å². The predicted molar refractivity (Wildman–Crippen MR) is 115 cm³/mol. The summed E-state index contributed by atoms with van der Waals surface area (Å²) in [5, 5.41) is 8.88. The molecule has 0 radical (unpaired) electrons. The second-order valence-electron chi connectivity index (χ2n) is 9.26. The van der Waals surface area contributed by atoms with Crippen LogP contribution in [0.5, 0.6) is 0 Å². The molecule has 2 aliphatic carbocycles. The zero-order chi connectivity index (χ0) is 19.8. The average molecular weight is 382 g/mol. The smallest absolute Gasteiger partial charge is 0.141 e. The van der Waals surface area contributed by atoms with E-state index in [1.54, 1.807) is 12.1 Å². The summed E-state index contributed by atoms with van der Waals surface area (Å²) in [6.07, 6.45) is 19.5. The Bertz CT molecular complexity index is 658. The van der Waals surface area contributed by atoms with Crippen molar-refractivity contribution in [1.82, 2.24) is 0 Å². The maximum Gasteiger partial charge on any atom is 0.141 e. The van der Waals surface area contributed by atoms with Crippen molar-refractivity contribution in [1.29, 1.82) is 5.26 Å². The number of nitriles is 1. The highest BCUT2D eigenvalue weighted by Gasteiger charge is 2.23. The van der Waals surface area contributed by atoms with Gasteiger partial charge in [0.15, 0.2) is 0 Å². The lowest BCUT2D eigenvalue weighted by Gasteiger charge is -2.30. The molecule has 0 saturated heterocycles. The van der Waals surface area contributed by atoms with Gasteiger partial charge in [0.2, 0.25) is 0 Å². The topological polar surface area (TPSA) is 23.8 Å². The number of rotatable bonds is 8. The summed E-state index contributed by atoms with van der Waals surface area (Å²) in [5.74, 6) is 2.87. The van der Waals surface area contributed by atoms with E-state index < -0.39 is 0 Å². The molecule has 1 nitrogen and oxygen atoms in total. The normalized spacial score (nSPS) is 27.9. The van der Waals surface area contributed by atoms with E-state index in [1.165, 1.54) is 83.5 Å². The van der Waals surface area contributed by atoms with Crippen LogP contribution < -0.4 is 0 Å². The third-order valence-electron chi connectivity index (χ3n) is 7.37. The first-order chi connectivity index (χ1) is 13.7. The number of nitrogens with zero attached hydrogens (tertiary/aromatic N) is 1. The molecule has 1 aromatic rings. The third-order valence-corrected chi connectivity index (χ3v) is 7.37. The molecule has 3 rings (SSSR count). The SMILES string of the molecule is C=CCC1CCC(CCCCC2CCC(c3ccc(C#N)c(F)c3)CC2)CC1. The Morgan fingerprint density at radius 1 is 0.929 bits per heavy atom. The molecule has 0 bridgehead atoms. The number of halogens is 1. The average Bonchev–Trinajstić information content (AvgIpc) is 2.73. The molecule has 1 aromatic carbocycles. The van der Waals surface area contributed by atoms with Gasteiger partial charge in [-0.1, -0.05) is 50.7 Å². The summed E-state index contributed by atoms with van der Waals surface area (Å²) < 4.78 is 13.9. The second-order valence-corrected chi connectivity index (χ2v) is 9.26. The fraction of sp³-hybridized carbons (Fsp3) is 0.654. The van der Waals surface area contributed by atoms with Crippen LogP contribution in [-0.2, 0) is 0 Å². The maximum absolute atomic E-state index is 13.9.